The van der Waals surface area contributed by atoms with E-state index in [2.05, 4.69) is 31.7 Å². The Morgan fingerprint density at radius 2 is 1.67 bits per heavy atom. The second-order valence-electron chi connectivity index (χ2n) is 6.01. The molecule has 4 aromatic rings. The summed E-state index contributed by atoms with van der Waals surface area (Å²) in [5, 5.41) is 16.7. The minimum Gasteiger partial charge on any atom is -0.340 e. The van der Waals surface area contributed by atoms with Crippen molar-refractivity contribution in [3.05, 3.63) is 78.2 Å². The molecule has 0 bridgehead atoms. The van der Waals surface area contributed by atoms with Gasteiger partial charge in [-0.1, -0.05) is 24.3 Å². The van der Waals surface area contributed by atoms with E-state index in [1.165, 1.54) is 0 Å². The molecule has 6 heteroatoms. The Balaban J connectivity index is 1.65. The fraction of sp³-hybridized carbons (Fsp3) is 0.0476. The highest BCUT2D eigenvalue weighted by molar-refractivity contribution is 5.91. The van der Waals surface area contributed by atoms with Crippen molar-refractivity contribution >= 4 is 33.9 Å². The van der Waals surface area contributed by atoms with Gasteiger partial charge < -0.3 is 10.6 Å². The molecule has 0 amide bonds. The summed E-state index contributed by atoms with van der Waals surface area (Å²) in [6.07, 6.45) is 1.77. The lowest BCUT2D eigenvalue weighted by molar-refractivity contribution is 1.06. The summed E-state index contributed by atoms with van der Waals surface area (Å²) in [7, 11) is 0. The summed E-state index contributed by atoms with van der Waals surface area (Å²) in [6, 6.07) is 21.1. The van der Waals surface area contributed by atoms with Gasteiger partial charge in [-0.2, -0.15) is 5.26 Å². The summed E-state index contributed by atoms with van der Waals surface area (Å²) in [5.41, 5.74) is 3.15. The van der Waals surface area contributed by atoms with Gasteiger partial charge in [0.05, 0.1) is 22.8 Å². The van der Waals surface area contributed by atoms with Crippen LogP contribution < -0.4 is 10.6 Å². The highest BCUT2D eigenvalue weighted by Gasteiger charge is 2.06. The number of hydrogen-bond acceptors (Lipinski definition) is 6. The van der Waals surface area contributed by atoms with E-state index in [1.807, 2.05) is 55.5 Å². The molecule has 0 aliphatic rings. The summed E-state index contributed by atoms with van der Waals surface area (Å²) >= 11 is 0. The number of aromatic nitrogens is 3. The van der Waals surface area contributed by atoms with Crippen LogP contribution in [0.15, 0.2) is 66.9 Å². The second-order valence-corrected chi connectivity index (χ2v) is 6.01. The number of anilines is 4. The van der Waals surface area contributed by atoms with Crippen LogP contribution in [0.4, 0.5) is 23.0 Å². The average Bonchev–Trinajstić information content (AvgIpc) is 2.68. The van der Waals surface area contributed by atoms with Gasteiger partial charge in [-0.15, -0.1) is 0 Å². The zero-order valence-corrected chi connectivity index (χ0v) is 14.6. The molecule has 0 radical (unpaired) electrons. The van der Waals surface area contributed by atoms with Gasteiger partial charge in [-0.3, -0.25) is 4.98 Å². The first-order valence-electron chi connectivity index (χ1n) is 8.45. The largest absolute Gasteiger partial charge is 0.340 e. The molecule has 4 rings (SSSR count). The molecule has 0 saturated carbocycles. The molecule has 27 heavy (non-hydrogen) atoms. The molecule has 2 N–H and O–H groups in total. The van der Waals surface area contributed by atoms with Crippen molar-refractivity contribution in [2.45, 2.75) is 6.92 Å². The monoisotopic (exact) mass is 352 g/mol. The Kier molecular flexibility index (Phi) is 4.33. The first-order valence-corrected chi connectivity index (χ1v) is 8.45. The fourth-order valence-electron chi connectivity index (χ4n) is 2.85. The third-order valence-corrected chi connectivity index (χ3v) is 4.00. The van der Waals surface area contributed by atoms with Crippen molar-refractivity contribution in [1.29, 1.82) is 5.26 Å². The van der Waals surface area contributed by atoms with Crippen molar-refractivity contribution in [3.63, 3.8) is 0 Å². The number of nitrogens with zero attached hydrogens (tertiary/aromatic N) is 4. The van der Waals surface area contributed by atoms with E-state index < -0.39 is 0 Å². The van der Waals surface area contributed by atoms with Crippen LogP contribution in [0.25, 0.3) is 10.9 Å². The molecule has 2 heterocycles. The quantitative estimate of drug-likeness (QED) is 0.554. The second kappa shape index (κ2) is 7.10. The van der Waals surface area contributed by atoms with Gasteiger partial charge in [0.25, 0.3) is 0 Å². The molecule has 0 saturated heterocycles. The van der Waals surface area contributed by atoms with E-state index in [9.17, 15) is 0 Å². The Morgan fingerprint density at radius 3 is 2.52 bits per heavy atom. The fourth-order valence-corrected chi connectivity index (χ4v) is 2.85. The molecule has 130 valence electrons. The smallest absolute Gasteiger partial charge is 0.136 e. The summed E-state index contributed by atoms with van der Waals surface area (Å²) in [4.78, 5) is 13.4. The Labute approximate surface area is 156 Å². The first-order chi connectivity index (χ1) is 13.2. The minimum atomic E-state index is 0.589. The third kappa shape index (κ3) is 3.67. The van der Waals surface area contributed by atoms with Crippen LogP contribution in [0.1, 0.15) is 11.4 Å². The van der Waals surface area contributed by atoms with E-state index in [0.29, 0.717) is 23.0 Å². The molecule has 0 fully saturated rings. The molecule has 0 spiro atoms. The minimum absolute atomic E-state index is 0.589. The zero-order chi connectivity index (χ0) is 18.6. The van der Waals surface area contributed by atoms with Crippen LogP contribution in [-0.2, 0) is 0 Å². The lowest BCUT2D eigenvalue weighted by atomic mass is 10.2. The van der Waals surface area contributed by atoms with Crippen molar-refractivity contribution in [2.75, 3.05) is 10.6 Å². The van der Waals surface area contributed by atoms with Crippen LogP contribution in [-0.4, -0.2) is 15.0 Å². The standard InChI is InChI=1S/C21H16N6/c1-14-24-19(26-17-8-2-5-15(11-17)13-22)12-20(25-14)27-18-9-3-6-16-7-4-10-23-21(16)18/h2-12H,1H3,(H2,24,25,26,27). The van der Waals surface area contributed by atoms with Crippen molar-refractivity contribution in [1.82, 2.24) is 15.0 Å². The Bertz CT molecular complexity index is 1160. The summed E-state index contributed by atoms with van der Waals surface area (Å²) in [5.74, 6) is 1.94. The van der Waals surface area contributed by atoms with Crippen molar-refractivity contribution in [3.8, 4) is 6.07 Å². The van der Waals surface area contributed by atoms with Crippen LogP contribution in [0.3, 0.4) is 0 Å². The van der Waals surface area contributed by atoms with Crippen molar-refractivity contribution in [2.24, 2.45) is 0 Å². The predicted molar refractivity (Wildman–Crippen MR) is 106 cm³/mol. The van der Waals surface area contributed by atoms with Crippen LogP contribution in [0.2, 0.25) is 0 Å². The van der Waals surface area contributed by atoms with Crippen molar-refractivity contribution < 1.29 is 0 Å². The number of nitrogens with one attached hydrogen (secondary N) is 2. The summed E-state index contributed by atoms with van der Waals surface area (Å²) < 4.78 is 0. The SMILES string of the molecule is Cc1nc(Nc2cccc(C#N)c2)cc(Nc2cccc3cccnc23)n1. The summed E-state index contributed by atoms with van der Waals surface area (Å²) in [6.45, 7) is 1.84. The molecule has 6 nitrogen and oxygen atoms in total. The number of nitriles is 1. The number of hydrogen-bond donors (Lipinski definition) is 2. The Morgan fingerprint density at radius 1 is 0.889 bits per heavy atom. The van der Waals surface area contributed by atoms with E-state index >= 15 is 0 Å². The molecule has 2 aromatic heterocycles. The highest BCUT2D eigenvalue weighted by Crippen LogP contribution is 2.25. The van der Waals surface area contributed by atoms with Crippen LogP contribution in [0.5, 0.6) is 0 Å². The van der Waals surface area contributed by atoms with Crippen LogP contribution in [0, 0.1) is 18.3 Å². The normalized spacial score (nSPS) is 10.4. The van der Waals surface area contributed by atoms with Gasteiger partial charge in [0, 0.05) is 23.3 Å². The number of para-hydroxylation sites is 1. The molecule has 0 aliphatic carbocycles. The Hall–Kier alpha value is -3.98. The number of aryl methyl sites for hydroxylation is 1. The number of fused-ring (bicyclic) bond motifs is 1. The molecule has 0 aliphatic heterocycles. The van der Waals surface area contributed by atoms with Gasteiger partial charge in [0.15, 0.2) is 0 Å². The molecular weight excluding hydrogens is 336 g/mol. The third-order valence-electron chi connectivity index (χ3n) is 4.00. The van der Waals surface area contributed by atoms with E-state index in [-0.39, 0.29) is 0 Å². The van der Waals surface area contributed by atoms with Crippen LogP contribution >= 0.6 is 0 Å². The van der Waals surface area contributed by atoms with Gasteiger partial charge in [0.1, 0.15) is 17.5 Å². The van der Waals surface area contributed by atoms with Gasteiger partial charge in [-0.25, -0.2) is 9.97 Å². The number of benzene rings is 2. The maximum atomic E-state index is 9.05. The lowest BCUT2D eigenvalue weighted by Gasteiger charge is -2.11. The van der Waals surface area contributed by atoms with Gasteiger partial charge in [0.2, 0.25) is 0 Å². The predicted octanol–water partition coefficient (Wildman–Crippen LogP) is 4.69. The number of pyridine rings is 1. The maximum Gasteiger partial charge on any atom is 0.136 e. The topological polar surface area (TPSA) is 86.5 Å². The molecule has 2 aromatic carbocycles. The lowest BCUT2D eigenvalue weighted by Crippen LogP contribution is -2.02. The van der Waals surface area contributed by atoms with Gasteiger partial charge >= 0.3 is 0 Å². The van der Waals surface area contributed by atoms with E-state index in [0.717, 1.165) is 22.3 Å². The van der Waals surface area contributed by atoms with E-state index in [1.54, 1.807) is 18.3 Å². The zero-order valence-electron chi connectivity index (χ0n) is 14.6. The molecule has 0 atom stereocenters. The van der Waals surface area contributed by atoms with E-state index in [4.69, 9.17) is 5.26 Å². The highest BCUT2D eigenvalue weighted by atomic mass is 15.1. The molecule has 0 unspecified atom stereocenters. The average molecular weight is 352 g/mol. The maximum absolute atomic E-state index is 9.05. The van der Waals surface area contributed by atoms with Gasteiger partial charge in [-0.05, 0) is 37.3 Å². The molecular formula is C21H16N6. The number of rotatable bonds is 4. The first kappa shape index (κ1) is 16.5.